The maximum atomic E-state index is 12.7. The third kappa shape index (κ3) is 6.07. The van der Waals surface area contributed by atoms with E-state index in [4.69, 9.17) is 28.2 Å². The Morgan fingerprint density at radius 3 is 2.38 bits per heavy atom. The van der Waals surface area contributed by atoms with Crippen LogP contribution in [0.3, 0.4) is 0 Å². The molecule has 0 unspecified atom stereocenters. The van der Waals surface area contributed by atoms with Crippen LogP contribution in [0.25, 0.3) is 0 Å². The molecule has 0 bridgehead atoms. The second-order valence-corrected chi connectivity index (χ2v) is 9.11. The van der Waals surface area contributed by atoms with Crippen molar-refractivity contribution in [2.75, 3.05) is 26.7 Å². The van der Waals surface area contributed by atoms with E-state index in [1.807, 2.05) is 54.6 Å². The van der Waals surface area contributed by atoms with Gasteiger partial charge in [-0.25, -0.2) is 0 Å². The molecule has 3 aromatic carbocycles. The number of carbonyl (C=O) groups is 1. The SMILES string of the molecule is O=C(NCc1ccc2c(c1)OCO2)c1cc(CN(CCOc2ccc3c(c2)OCO3)Cc2ccccc2)on1. The maximum Gasteiger partial charge on any atom is 0.273 e. The highest BCUT2D eigenvalue weighted by Crippen LogP contribution is 2.35. The zero-order valence-electron chi connectivity index (χ0n) is 21.1. The molecular formula is C29H27N3O7. The standard InChI is InChI=1S/C29H27N3O7/c33-29(30-15-21-6-8-25-27(12-21)37-18-35-25)24-13-23(39-31-24)17-32(16-20-4-2-1-3-5-20)10-11-34-22-7-9-26-28(14-22)38-19-36-26/h1-9,12-14H,10-11,15-19H2,(H,30,33). The van der Waals surface area contributed by atoms with Crippen molar-refractivity contribution in [1.29, 1.82) is 0 Å². The molecule has 0 spiro atoms. The Kier molecular flexibility index (Phi) is 7.17. The summed E-state index contributed by atoms with van der Waals surface area (Å²) in [6.45, 7) is 2.96. The van der Waals surface area contributed by atoms with E-state index in [-0.39, 0.29) is 25.2 Å². The van der Waals surface area contributed by atoms with Gasteiger partial charge < -0.3 is 33.5 Å². The second-order valence-electron chi connectivity index (χ2n) is 9.11. The minimum atomic E-state index is -0.316. The summed E-state index contributed by atoms with van der Waals surface area (Å²) in [6.07, 6.45) is 0. The van der Waals surface area contributed by atoms with Crippen molar-refractivity contribution >= 4 is 5.91 Å². The van der Waals surface area contributed by atoms with Crippen LogP contribution in [0.2, 0.25) is 0 Å². The van der Waals surface area contributed by atoms with Gasteiger partial charge in [-0.3, -0.25) is 9.69 Å². The van der Waals surface area contributed by atoms with Gasteiger partial charge >= 0.3 is 0 Å². The van der Waals surface area contributed by atoms with Crippen LogP contribution in [0.5, 0.6) is 28.7 Å². The monoisotopic (exact) mass is 529 g/mol. The zero-order chi connectivity index (χ0) is 26.4. The van der Waals surface area contributed by atoms with Crippen molar-refractivity contribution in [1.82, 2.24) is 15.4 Å². The molecule has 2 aliphatic heterocycles. The average Bonchev–Trinajstić information content (AvgIpc) is 3.73. The number of fused-ring (bicyclic) bond motifs is 2. The summed E-state index contributed by atoms with van der Waals surface area (Å²) < 4.78 is 33.0. The molecular weight excluding hydrogens is 502 g/mol. The largest absolute Gasteiger partial charge is 0.492 e. The van der Waals surface area contributed by atoms with Crippen LogP contribution in [0.1, 0.15) is 27.4 Å². The Morgan fingerprint density at radius 1 is 0.821 bits per heavy atom. The molecule has 10 nitrogen and oxygen atoms in total. The lowest BCUT2D eigenvalue weighted by Crippen LogP contribution is -2.27. The summed E-state index contributed by atoms with van der Waals surface area (Å²) >= 11 is 0. The molecule has 200 valence electrons. The molecule has 10 heteroatoms. The molecule has 0 atom stereocenters. The van der Waals surface area contributed by atoms with Crippen molar-refractivity contribution in [3.63, 3.8) is 0 Å². The molecule has 0 fully saturated rings. The van der Waals surface area contributed by atoms with Crippen molar-refractivity contribution in [2.24, 2.45) is 0 Å². The van der Waals surface area contributed by atoms with E-state index < -0.39 is 0 Å². The van der Waals surface area contributed by atoms with E-state index in [1.54, 1.807) is 6.07 Å². The molecule has 1 N–H and O–H groups in total. The minimum absolute atomic E-state index is 0.207. The van der Waals surface area contributed by atoms with Crippen LogP contribution in [0, 0.1) is 0 Å². The summed E-state index contributed by atoms with van der Waals surface area (Å²) in [5.41, 5.74) is 2.27. The van der Waals surface area contributed by atoms with Gasteiger partial charge in [0, 0.05) is 31.8 Å². The minimum Gasteiger partial charge on any atom is -0.492 e. The van der Waals surface area contributed by atoms with Crippen LogP contribution in [0.4, 0.5) is 0 Å². The molecule has 39 heavy (non-hydrogen) atoms. The lowest BCUT2D eigenvalue weighted by atomic mass is 10.2. The smallest absolute Gasteiger partial charge is 0.273 e. The van der Waals surface area contributed by atoms with Gasteiger partial charge in [0.25, 0.3) is 5.91 Å². The molecule has 4 aromatic rings. The zero-order valence-corrected chi connectivity index (χ0v) is 21.1. The lowest BCUT2D eigenvalue weighted by molar-refractivity contribution is 0.0941. The second kappa shape index (κ2) is 11.4. The number of hydrogen-bond acceptors (Lipinski definition) is 9. The van der Waals surface area contributed by atoms with E-state index in [0.717, 1.165) is 11.1 Å². The van der Waals surface area contributed by atoms with E-state index in [2.05, 4.69) is 27.5 Å². The lowest BCUT2D eigenvalue weighted by Gasteiger charge is -2.21. The normalized spacial score (nSPS) is 13.1. The van der Waals surface area contributed by atoms with Gasteiger partial charge in [0.15, 0.2) is 34.5 Å². The highest BCUT2D eigenvalue weighted by atomic mass is 16.7. The first-order valence-corrected chi connectivity index (χ1v) is 12.6. The van der Waals surface area contributed by atoms with Gasteiger partial charge in [-0.1, -0.05) is 41.6 Å². The van der Waals surface area contributed by atoms with Crippen LogP contribution in [-0.4, -0.2) is 42.7 Å². The quantitative estimate of drug-likeness (QED) is 0.307. The summed E-state index contributed by atoms with van der Waals surface area (Å²) in [5, 5.41) is 6.86. The molecule has 6 rings (SSSR count). The van der Waals surface area contributed by atoms with Crippen molar-refractivity contribution < 1.29 is 33.0 Å². The first-order chi connectivity index (χ1) is 19.2. The number of aromatic nitrogens is 1. The predicted molar refractivity (Wildman–Crippen MR) is 139 cm³/mol. The van der Waals surface area contributed by atoms with E-state index in [9.17, 15) is 4.79 Å². The summed E-state index contributed by atoms with van der Waals surface area (Å²) in [4.78, 5) is 14.9. The highest BCUT2D eigenvalue weighted by Gasteiger charge is 2.18. The summed E-state index contributed by atoms with van der Waals surface area (Å²) in [7, 11) is 0. The molecule has 0 saturated carbocycles. The fourth-order valence-electron chi connectivity index (χ4n) is 4.35. The van der Waals surface area contributed by atoms with E-state index >= 15 is 0 Å². The third-order valence-electron chi connectivity index (χ3n) is 6.33. The van der Waals surface area contributed by atoms with E-state index in [0.29, 0.717) is 67.3 Å². The number of hydrogen-bond donors (Lipinski definition) is 1. The maximum absolute atomic E-state index is 12.7. The van der Waals surface area contributed by atoms with Crippen LogP contribution in [0.15, 0.2) is 77.3 Å². The molecule has 0 saturated heterocycles. The van der Waals surface area contributed by atoms with Gasteiger partial charge in [-0.05, 0) is 35.4 Å². The molecule has 1 amide bonds. The Balaban J connectivity index is 1.06. The summed E-state index contributed by atoms with van der Waals surface area (Å²) in [5.74, 6) is 3.75. The fraction of sp³-hybridized carbons (Fsp3) is 0.241. The Labute approximate surface area is 225 Å². The number of nitrogens with zero attached hydrogens (tertiary/aromatic N) is 2. The number of rotatable bonds is 11. The van der Waals surface area contributed by atoms with Crippen LogP contribution in [-0.2, 0) is 19.6 Å². The Hall–Kier alpha value is -4.70. The van der Waals surface area contributed by atoms with Crippen LogP contribution < -0.4 is 29.0 Å². The van der Waals surface area contributed by atoms with Crippen molar-refractivity contribution in [2.45, 2.75) is 19.6 Å². The van der Waals surface area contributed by atoms with E-state index in [1.165, 1.54) is 0 Å². The van der Waals surface area contributed by atoms with Gasteiger partial charge in [0.05, 0.1) is 6.54 Å². The highest BCUT2D eigenvalue weighted by molar-refractivity contribution is 5.92. The number of nitrogens with one attached hydrogen (secondary N) is 1. The average molecular weight is 530 g/mol. The topological polar surface area (TPSA) is 105 Å². The fourth-order valence-corrected chi connectivity index (χ4v) is 4.35. The molecule has 3 heterocycles. The first kappa shape index (κ1) is 24.6. The predicted octanol–water partition coefficient (Wildman–Crippen LogP) is 4.14. The van der Waals surface area contributed by atoms with Gasteiger partial charge in [-0.15, -0.1) is 0 Å². The molecule has 0 aliphatic carbocycles. The first-order valence-electron chi connectivity index (χ1n) is 12.6. The van der Waals surface area contributed by atoms with Crippen molar-refractivity contribution in [3.05, 3.63) is 95.4 Å². The molecule has 2 aliphatic rings. The summed E-state index contributed by atoms with van der Waals surface area (Å²) in [6, 6.07) is 22.9. The van der Waals surface area contributed by atoms with Gasteiger partial charge in [0.2, 0.25) is 13.6 Å². The Bertz CT molecular complexity index is 1440. The van der Waals surface area contributed by atoms with Gasteiger partial charge in [0.1, 0.15) is 12.4 Å². The number of carbonyl (C=O) groups excluding carboxylic acids is 1. The van der Waals surface area contributed by atoms with Crippen molar-refractivity contribution in [3.8, 4) is 28.7 Å². The number of benzene rings is 3. The van der Waals surface area contributed by atoms with Crippen LogP contribution >= 0.6 is 0 Å². The Morgan fingerprint density at radius 2 is 1.56 bits per heavy atom. The molecule has 1 aromatic heterocycles. The number of ether oxygens (including phenoxy) is 5. The third-order valence-corrected chi connectivity index (χ3v) is 6.33. The molecule has 0 radical (unpaired) electrons. The number of amides is 1. The van der Waals surface area contributed by atoms with Gasteiger partial charge in [-0.2, -0.15) is 0 Å².